The van der Waals surface area contributed by atoms with Crippen LogP contribution in [0.3, 0.4) is 0 Å². The molecule has 4 rings (SSSR count). The summed E-state index contributed by atoms with van der Waals surface area (Å²) in [5.41, 5.74) is 1.25. The van der Waals surface area contributed by atoms with Crippen LogP contribution in [0, 0.1) is 0 Å². The smallest absolute Gasteiger partial charge is 0.240 e. The second kappa shape index (κ2) is 8.10. The van der Waals surface area contributed by atoms with E-state index in [4.69, 9.17) is 9.26 Å². The maximum absolute atomic E-state index is 5.68. The van der Waals surface area contributed by atoms with Gasteiger partial charge in [0.15, 0.2) is 6.61 Å². The van der Waals surface area contributed by atoms with Gasteiger partial charge in [0, 0.05) is 18.4 Å². The van der Waals surface area contributed by atoms with Crippen LogP contribution in [-0.4, -0.2) is 26.6 Å². The lowest BCUT2D eigenvalue weighted by atomic mass is 9.96. The first kappa shape index (κ1) is 16.7. The Labute approximate surface area is 152 Å². The molecule has 6 heteroatoms. The van der Waals surface area contributed by atoms with Gasteiger partial charge in [0.25, 0.3) is 0 Å². The maximum atomic E-state index is 5.68. The van der Waals surface area contributed by atoms with E-state index in [1.54, 1.807) is 0 Å². The Hall–Kier alpha value is -2.73. The Balaban J connectivity index is 1.39. The van der Waals surface area contributed by atoms with E-state index in [1.807, 2.05) is 48.8 Å². The van der Waals surface area contributed by atoms with Crippen LogP contribution in [0.4, 0.5) is 0 Å². The largest absolute Gasteiger partial charge is 0.485 e. The zero-order valence-corrected chi connectivity index (χ0v) is 14.6. The highest BCUT2D eigenvalue weighted by Gasteiger charge is 2.25. The van der Waals surface area contributed by atoms with E-state index in [0.29, 0.717) is 30.9 Å². The average Bonchev–Trinajstić information content (AvgIpc) is 3.16. The van der Waals surface area contributed by atoms with Crippen LogP contribution < -0.4 is 4.74 Å². The standard InChI is InChI=1S/C20H22N4O2/c1-2-8-17(9-3-1)25-15-19-22-20(26-23-19)14-24-12-5-4-10-18(24)16-7-6-11-21-13-16/h1-3,6-9,11,13,18H,4-5,10,12,14-15H2/t18-/m1/s1. The zero-order valence-electron chi connectivity index (χ0n) is 14.6. The molecule has 3 aromatic rings. The van der Waals surface area contributed by atoms with Gasteiger partial charge in [-0.15, -0.1) is 0 Å². The highest BCUT2D eigenvalue weighted by atomic mass is 16.5. The molecule has 134 valence electrons. The van der Waals surface area contributed by atoms with Crippen molar-refractivity contribution in [1.29, 1.82) is 0 Å². The minimum absolute atomic E-state index is 0.305. The Kier molecular flexibility index (Phi) is 5.21. The Morgan fingerprint density at radius 3 is 2.88 bits per heavy atom. The molecule has 0 amide bonds. The highest BCUT2D eigenvalue weighted by molar-refractivity contribution is 5.21. The second-order valence-electron chi connectivity index (χ2n) is 6.47. The lowest BCUT2D eigenvalue weighted by molar-refractivity contribution is 0.123. The SMILES string of the molecule is c1ccc(OCc2noc(CN3CCCC[C@@H]3c3cccnc3)n2)cc1. The van der Waals surface area contributed by atoms with Crippen molar-refractivity contribution in [1.82, 2.24) is 20.0 Å². The van der Waals surface area contributed by atoms with Crippen LogP contribution in [0.2, 0.25) is 0 Å². The molecule has 0 spiro atoms. The van der Waals surface area contributed by atoms with Crippen molar-refractivity contribution in [3.05, 3.63) is 72.1 Å². The van der Waals surface area contributed by atoms with Gasteiger partial charge >= 0.3 is 0 Å². The first-order valence-electron chi connectivity index (χ1n) is 9.02. The molecule has 1 aromatic carbocycles. The first-order valence-corrected chi connectivity index (χ1v) is 9.02. The first-order chi connectivity index (χ1) is 12.9. The molecule has 1 atom stereocenters. The second-order valence-corrected chi connectivity index (χ2v) is 6.47. The molecule has 26 heavy (non-hydrogen) atoms. The highest BCUT2D eigenvalue weighted by Crippen LogP contribution is 2.31. The molecule has 0 unspecified atom stereocenters. The van der Waals surface area contributed by atoms with Gasteiger partial charge < -0.3 is 9.26 Å². The zero-order chi connectivity index (χ0) is 17.6. The summed E-state index contributed by atoms with van der Waals surface area (Å²) in [4.78, 5) is 11.2. The van der Waals surface area contributed by atoms with E-state index in [0.717, 1.165) is 18.7 Å². The lowest BCUT2D eigenvalue weighted by Gasteiger charge is -2.34. The summed E-state index contributed by atoms with van der Waals surface area (Å²) >= 11 is 0. The number of hydrogen-bond acceptors (Lipinski definition) is 6. The van der Waals surface area contributed by atoms with Crippen molar-refractivity contribution in [3.63, 3.8) is 0 Å². The summed E-state index contributed by atoms with van der Waals surface area (Å²) in [6.07, 6.45) is 7.32. The molecule has 0 saturated carbocycles. The van der Waals surface area contributed by atoms with Crippen LogP contribution in [0.25, 0.3) is 0 Å². The number of hydrogen-bond donors (Lipinski definition) is 0. The van der Waals surface area contributed by atoms with Gasteiger partial charge in [0.05, 0.1) is 6.54 Å². The van der Waals surface area contributed by atoms with E-state index >= 15 is 0 Å². The molecule has 1 aliphatic heterocycles. The van der Waals surface area contributed by atoms with E-state index in [-0.39, 0.29) is 0 Å². The lowest BCUT2D eigenvalue weighted by Crippen LogP contribution is -2.33. The molecule has 0 bridgehead atoms. The van der Waals surface area contributed by atoms with Crippen molar-refractivity contribution in [3.8, 4) is 5.75 Å². The van der Waals surface area contributed by atoms with Crippen LogP contribution >= 0.6 is 0 Å². The van der Waals surface area contributed by atoms with Crippen molar-refractivity contribution < 1.29 is 9.26 Å². The summed E-state index contributed by atoms with van der Waals surface area (Å²) in [6, 6.07) is 14.1. The van der Waals surface area contributed by atoms with Crippen molar-refractivity contribution >= 4 is 0 Å². The number of likely N-dealkylation sites (tertiary alicyclic amines) is 1. The Bertz CT molecular complexity index is 807. The molecular weight excluding hydrogens is 328 g/mol. The summed E-state index contributed by atoms with van der Waals surface area (Å²) in [5.74, 6) is 2.00. The number of pyridine rings is 1. The van der Waals surface area contributed by atoms with Gasteiger partial charge in [-0.2, -0.15) is 4.98 Å². The fraction of sp³-hybridized carbons (Fsp3) is 0.350. The van der Waals surface area contributed by atoms with Crippen LogP contribution in [0.15, 0.2) is 59.4 Å². The maximum Gasteiger partial charge on any atom is 0.240 e. The normalized spacial score (nSPS) is 17.9. The van der Waals surface area contributed by atoms with Gasteiger partial charge in [0.2, 0.25) is 11.7 Å². The summed E-state index contributed by atoms with van der Waals surface area (Å²) < 4.78 is 11.1. The number of rotatable bonds is 6. The number of piperidine rings is 1. The molecule has 2 aromatic heterocycles. The summed E-state index contributed by atoms with van der Waals surface area (Å²) in [5, 5.41) is 4.04. The minimum atomic E-state index is 0.305. The molecule has 1 fully saturated rings. The predicted molar refractivity (Wildman–Crippen MR) is 96.3 cm³/mol. The third-order valence-electron chi connectivity index (χ3n) is 4.64. The van der Waals surface area contributed by atoms with Gasteiger partial charge in [-0.25, -0.2) is 0 Å². The number of nitrogens with zero attached hydrogens (tertiary/aromatic N) is 4. The van der Waals surface area contributed by atoms with E-state index in [1.165, 1.54) is 18.4 Å². The Morgan fingerprint density at radius 2 is 2.04 bits per heavy atom. The van der Waals surface area contributed by atoms with Gasteiger partial charge in [-0.3, -0.25) is 9.88 Å². The molecular formula is C20H22N4O2. The minimum Gasteiger partial charge on any atom is -0.485 e. The van der Waals surface area contributed by atoms with E-state index in [9.17, 15) is 0 Å². The number of ether oxygens (including phenoxy) is 1. The molecule has 0 N–H and O–H groups in total. The summed E-state index contributed by atoms with van der Waals surface area (Å²) in [7, 11) is 0. The third-order valence-corrected chi connectivity index (χ3v) is 4.64. The van der Waals surface area contributed by atoms with E-state index < -0.39 is 0 Å². The van der Waals surface area contributed by atoms with Crippen molar-refractivity contribution in [2.45, 2.75) is 38.5 Å². The number of benzene rings is 1. The fourth-order valence-electron chi connectivity index (χ4n) is 3.38. The summed E-state index contributed by atoms with van der Waals surface area (Å²) in [6.45, 7) is 1.98. The number of aromatic nitrogens is 3. The van der Waals surface area contributed by atoms with Gasteiger partial charge in [-0.1, -0.05) is 35.8 Å². The van der Waals surface area contributed by atoms with Gasteiger partial charge in [-0.05, 0) is 43.1 Å². The third kappa shape index (κ3) is 4.08. The monoisotopic (exact) mass is 350 g/mol. The molecule has 1 aliphatic rings. The molecule has 0 aliphatic carbocycles. The molecule has 1 saturated heterocycles. The van der Waals surface area contributed by atoms with E-state index in [2.05, 4.69) is 26.1 Å². The van der Waals surface area contributed by atoms with Crippen molar-refractivity contribution in [2.24, 2.45) is 0 Å². The molecule has 0 radical (unpaired) electrons. The molecule has 3 heterocycles. The average molecular weight is 350 g/mol. The topological polar surface area (TPSA) is 64.3 Å². The molecule has 6 nitrogen and oxygen atoms in total. The Morgan fingerprint density at radius 1 is 1.12 bits per heavy atom. The van der Waals surface area contributed by atoms with Crippen LogP contribution in [0.5, 0.6) is 5.75 Å². The van der Waals surface area contributed by atoms with Crippen molar-refractivity contribution in [2.75, 3.05) is 6.54 Å². The predicted octanol–water partition coefficient (Wildman–Crippen LogP) is 3.77. The number of para-hydroxylation sites is 1. The fourth-order valence-corrected chi connectivity index (χ4v) is 3.38. The quantitative estimate of drug-likeness (QED) is 0.674. The van der Waals surface area contributed by atoms with Gasteiger partial charge in [0.1, 0.15) is 5.75 Å². The van der Waals surface area contributed by atoms with Crippen LogP contribution in [0.1, 0.15) is 42.6 Å². The van der Waals surface area contributed by atoms with Crippen LogP contribution in [-0.2, 0) is 13.2 Å².